The van der Waals surface area contributed by atoms with Crippen molar-refractivity contribution in [3.05, 3.63) is 0 Å². The molecule has 1 radical (unpaired) electrons. The van der Waals surface area contributed by atoms with E-state index in [1.54, 1.807) is 0 Å². The zero-order valence-corrected chi connectivity index (χ0v) is 21.7. The number of likely N-dealkylation sites (tertiary alicyclic amines) is 3. The normalized spacial score (nSPS) is 27.1. The van der Waals surface area contributed by atoms with E-state index >= 15 is 0 Å². The van der Waals surface area contributed by atoms with Gasteiger partial charge in [0.15, 0.2) is 0 Å². The Hall–Kier alpha value is 0.464. The second-order valence-electron chi connectivity index (χ2n) is 11.0. The smallest absolute Gasteiger partial charge is 0.00516 e. The van der Waals surface area contributed by atoms with Crippen molar-refractivity contribution in [1.82, 2.24) is 14.7 Å². The summed E-state index contributed by atoms with van der Waals surface area (Å²) in [5.41, 5.74) is 1.47. The van der Waals surface area contributed by atoms with Crippen LogP contribution in [-0.4, -0.2) is 73.1 Å². The predicted octanol–water partition coefficient (Wildman–Crippen LogP) is 5.11. The molecule has 4 rings (SSSR count). The minimum absolute atomic E-state index is 0. The van der Waals surface area contributed by atoms with Gasteiger partial charge in [-0.2, -0.15) is 0 Å². The van der Waals surface area contributed by atoms with Crippen LogP contribution in [0, 0.1) is 16.7 Å². The molecular weight excluding hydrogens is 393 g/mol. The largest absolute Gasteiger partial charge is 0.304 e. The molecule has 4 fully saturated rings. The molecular formula is C25H49N3V. The molecule has 4 aliphatic rings. The minimum Gasteiger partial charge on any atom is -0.304 e. The number of nitrogens with zero attached hydrogens (tertiary/aromatic N) is 3. The monoisotopic (exact) mass is 442 g/mol. The third-order valence-corrected chi connectivity index (χ3v) is 8.53. The summed E-state index contributed by atoms with van der Waals surface area (Å²) in [4.78, 5) is 8.11. The van der Waals surface area contributed by atoms with Gasteiger partial charge in [-0.05, 0) is 102 Å². The molecule has 0 unspecified atom stereocenters. The van der Waals surface area contributed by atoms with Gasteiger partial charge < -0.3 is 14.7 Å². The second-order valence-corrected chi connectivity index (χ2v) is 11.0. The van der Waals surface area contributed by atoms with Crippen molar-refractivity contribution in [3.8, 4) is 0 Å². The van der Waals surface area contributed by atoms with Gasteiger partial charge in [0.05, 0.1) is 0 Å². The summed E-state index contributed by atoms with van der Waals surface area (Å²) in [6.45, 7) is 22.3. The van der Waals surface area contributed by atoms with E-state index in [0.717, 1.165) is 22.8 Å². The van der Waals surface area contributed by atoms with Crippen LogP contribution in [0.1, 0.15) is 86.0 Å². The molecule has 3 heterocycles. The summed E-state index contributed by atoms with van der Waals surface area (Å²) in [5.74, 6) is 1.02. The summed E-state index contributed by atoms with van der Waals surface area (Å²) in [6, 6.07) is 0.745. The van der Waals surface area contributed by atoms with Gasteiger partial charge in [0.2, 0.25) is 0 Å². The van der Waals surface area contributed by atoms with Crippen LogP contribution in [0.4, 0.5) is 0 Å². The van der Waals surface area contributed by atoms with E-state index in [9.17, 15) is 0 Å². The van der Waals surface area contributed by atoms with Crippen LogP contribution in [0.25, 0.3) is 0 Å². The van der Waals surface area contributed by atoms with E-state index in [-0.39, 0.29) is 18.6 Å². The van der Waals surface area contributed by atoms with Gasteiger partial charge in [-0.25, -0.2) is 0 Å². The zero-order valence-electron chi connectivity index (χ0n) is 20.3. The number of piperidine rings is 2. The molecule has 4 heteroatoms. The van der Waals surface area contributed by atoms with Crippen LogP contribution < -0.4 is 0 Å². The van der Waals surface area contributed by atoms with Crippen molar-refractivity contribution in [2.45, 2.75) is 92.0 Å². The summed E-state index contributed by atoms with van der Waals surface area (Å²) < 4.78 is 0. The summed E-state index contributed by atoms with van der Waals surface area (Å²) >= 11 is 0. The molecule has 2 spiro atoms. The van der Waals surface area contributed by atoms with Crippen LogP contribution in [0.5, 0.6) is 0 Å². The molecule has 0 aromatic carbocycles. The van der Waals surface area contributed by atoms with Crippen LogP contribution in [0.2, 0.25) is 0 Å². The molecule has 29 heavy (non-hydrogen) atoms. The molecule has 0 atom stereocenters. The molecule has 0 aromatic rings. The Morgan fingerprint density at radius 1 is 0.759 bits per heavy atom. The van der Waals surface area contributed by atoms with Crippen LogP contribution in [0.15, 0.2) is 0 Å². The number of unbranched alkanes of at least 4 members (excludes halogenated alkanes) is 1. The number of hydrogen-bond donors (Lipinski definition) is 0. The van der Waals surface area contributed by atoms with Crippen molar-refractivity contribution in [3.63, 3.8) is 0 Å². The Morgan fingerprint density at radius 2 is 1.28 bits per heavy atom. The zero-order chi connectivity index (χ0) is 20.2. The quantitative estimate of drug-likeness (QED) is 0.586. The van der Waals surface area contributed by atoms with Crippen molar-refractivity contribution in [1.29, 1.82) is 0 Å². The van der Waals surface area contributed by atoms with Crippen molar-refractivity contribution in [2.24, 2.45) is 16.7 Å². The van der Waals surface area contributed by atoms with Gasteiger partial charge in [0.1, 0.15) is 0 Å². The summed E-state index contributed by atoms with van der Waals surface area (Å²) in [7, 11) is 0. The molecule has 1 saturated carbocycles. The number of rotatable bonds is 5. The molecule has 0 N–H and O–H groups in total. The average Bonchev–Trinajstić information content (AvgIpc) is 2.66. The first-order chi connectivity index (χ1) is 13.4. The van der Waals surface area contributed by atoms with Gasteiger partial charge >= 0.3 is 0 Å². The van der Waals surface area contributed by atoms with E-state index < -0.39 is 0 Å². The van der Waals surface area contributed by atoms with Gasteiger partial charge in [-0.3, -0.25) is 0 Å². The Bertz CT molecular complexity index is 447. The number of hydrogen-bond acceptors (Lipinski definition) is 3. The van der Waals surface area contributed by atoms with Crippen LogP contribution in [-0.2, 0) is 18.6 Å². The molecule has 169 valence electrons. The molecule has 1 aliphatic carbocycles. The maximum atomic E-state index is 2.79. The topological polar surface area (TPSA) is 9.72 Å². The van der Waals surface area contributed by atoms with E-state index in [1.807, 2.05) is 0 Å². The van der Waals surface area contributed by atoms with E-state index in [2.05, 4.69) is 49.3 Å². The Kier molecular flexibility index (Phi) is 10.1. The summed E-state index contributed by atoms with van der Waals surface area (Å²) in [5, 5.41) is 0. The minimum atomic E-state index is 0. The third kappa shape index (κ3) is 6.48. The Labute approximate surface area is 194 Å². The van der Waals surface area contributed by atoms with E-state index in [4.69, 9.17) is 0 Å². The molecule has 0 amide bonds. The van der Waals surface area contributed by atoms with Gasteiger partial charge in [-0.1, -0.05) is 33.6 Å². The molecule has 3 aliphatic heterocycles. The van der Waals surface area contributed by atoms with E-state index in [0.29, 0.717) is 0 Å². The Balaban J connectivity index is 0.000000552. The second kappa shape index (κ2) is 11.4. The fourth-order valence-electron chi connectivity index (χ4n) is 6.27. The first kappa shape index (κ1) is 25.7. The maximum Gasteiger partial charge on any atom is 0.00516 e. The fourth-order valence-corrected chi connectivity index (χ4v) is 6.27. The molecule has 0 bridgehead atoms. The molecule has 3 nitrogen and oxygen atoms in total. The van der Waals surface area contributed by atoms with Crippen molar-refractivity contribution >= 4 is 0 Å². The molecule has 3 saturated heterocycles. The first-order valence-electron chi connectivity index (χ1n) is 12.6. The molecule has 0 aromatic heterocycles. The fraction of sp³-hybridized carbons (Fsp3) is 1.00. The maximum absolute atomic E-state index is 2.79. The van der Waals surface area contributed by atoms with Gasteiger partial charge in [0, 0.05) is 44.2 Å². The average molecular weight is 443 g/mol. The van der Waals surface area contributed by atoms with Gasteiger partial charge in [-0.15, -0.1) is 0 Å². The third-order valence-electron chi connectivity index (χ3n) is 8.53. The summed E-state index contributed by atoms with van der Waals surface area (Å²) in [6.07, 6.45) is 11.6. The SMILES string of the molecule is CCCC.CCN1CCC2(CC1)CN(CC1CC3(CCN(C(C)C)CC3)C1)C2.[V]. The van der Waals surface area contributed by atoms with Crippen LogP contribution in [0.3, 0.4) is 0 Å². The predicted molar refractivity (Wildman–Crippen MR) is 122 cm³/mol. The Morgan fingerprint density at radius 3 is 1.72 bits per heavy atom. The van der Waals surface area contributed by atoms with Gasteiger partial charge in [0.25, 0.3) is 0 Å². The standard InChI is InChI=1S/C21H39N3.C4H10.V/c1-4-22-9-5-21(6-10-22)16-23(17-21)15-19-13-20(14-19)7-11-24(12-8-20)18(2)3;1-3-4-2;/h18-19H,4-17H2,1-3H3;3-4H2,1-2H3;. The van der Waals surface area contributed by atoms with Crippen LogP contribution >= 0.6 is 0 Å². The van der Waals surface area contributed by atoms with Crippen molar-refractivity contribution in [2.75, 3.05) is 52.4 Å². The first-order valence-corrected chi connectivity index (χ1v) is 12.6. The van der Waals surface area contributed by atoms with Crippen molar-refractivity contribution < 1.29 is 18.6 Å². The van der Waals surface area contributed by atoms with E-state index in [1.165, 1.54) is 104 Å².